The maximum atomic E-state index is 12.7. The number of nitrogens with one attached hydrogen (secondary N) is 1. The van der Waals surface area contributed by atoms with Gasteiger partial charge in [-0.15, -0.1) is 0 Å². The van der Waals surface area contributed by atoms with Crippen LogP contribution < -0.4 is 10.1 Å². The largest absolute Gasteiger partial charge is 0.484 e. The summed E-state index contributed by atoms with van der Waals surface area (Å²) in [5, 5.41) is 12.8. The molecule has 0 aliphatic rings. The van der Waals surface area contributed by atoms with E-state index < -0.39 is 5.60 Å². The van der Waals surface area contributed by atoms with Crippen molar-refractivity contribution >= 4 is 5.91 Å². The molecule has 0 fully saturated rings. The van der Waals surface area contributed by atoms with Crippen molar-refractivity contribution in [3.63, 3.8) is 0 Å². The van der Waals surface area contributed by atoms with E-state index in [-0.39, 0.29) is 30.8 Å². The summed E-state index contributed by atoms with van der Waals surface area (Å²) in [7, 11) is 0. The number of amides is 1. The summed E-state index contributed by atoms with van der Waals surface area (Å²) in [5.41, 5.74) is -0.944. The van der Waals surface area contributed by atoms with Crippen molar-refractivity contribution in [3.8, 4) is 5.75 Å². The Morgan fingerprint density at radius 2 is 2.05 bits per heavy atom. The Hall–Kier alpha value is -1.62. The zero-order valence-electron chi connectivity index (χ0n) is 12.1. The average molecular weight is 283 g/mol. The number of halogens is 1. The lowest BCUT2D eigenvalue weighted by Gasteiger charge is -2.29. The van der Waals surface area contributed by atoms with Gasteiger partial charge in [0.1, 0.15) is 11.6 Å². The Labute approximate surface area is 119 Å². The highest BCUT2D eigenvalue weighted by molar-refractivity contribution is 5.77. The molecule has 2 atom stereocenters. The number of carbonyl (C=O) groups excluding carboxylic acids is 1. The summed E-state index contributed by atoms with van der Waals surface area (Å²) in [6, 6.07) is 5.44. The molecule has 2 N–H and O–H groups in total. The third kappa shape index (κ3) is 5.17. The van der Waals surface area contributed by atoms with Crippen LogP contribution in [0.25, 0.3) is 0 Å². The van der Waals surface area contributed by atoms with E-state index in [9.17, 15) is 14.3 Å². The molecule has 5 heteroatoms. The fraction of sp³-hybridized carbons (Fsp3) is 0.533. The van der Waals surface area contributed by atoms with Gasteiger partial charge in [-0.2, -0.15) is 0 Å². The van der Waals surface area contributed by atoms with Crippen LogP contribution in [0.4, 0.5) is 4.39 Å². The van der Waals surface area contributed by atoms with E-state index in [1.165, 1.54) is 24.3 Å². The predicted molar refractivity (Wildman–Crippen MR) is 75.0 cm³/mol. The van der Waals surface area contributed by atoms with Crippen LogP contribution in [0.5, 0.6) is 5.75 Å². The monoisotopic (exact) mass is 283 g/mol. The lowest BCUT2D eigenvalue weighted by molar-refractivity contribution is -0.124. The highest BCUT2D eigenvalue weighted by Crippen LogP contribution is 2.18. The Morgan fingerprint density at radius 3 is 2.60 bits per heavy atom. The zero-order valence-corrected chi connectivity index (χ0v) is 12.1. The van der Waals surface area contributed by atoms with Crippen LogP contribution in [0.3, 0.4) is 0 Å². The minimum atomic E-state index is -0.944. The van der Waals surface area contributed by atoms with E-state index in [2.05, 4.69) is 5.32 Å². The van der Waals surface area contributed by atoms with Crippen molar-refractivity contribution in [3.05, 3.63) is 30.1 Å². The average Bonchev–Trinajstić information content (AvgIpc) is 2.43. The minimum absolute atomic E-state index is 0.0841. The normalized spacial score (nSPS) is 15.2. The van der Waals surface area contributed by atoms with Crippen LogP contribution in [0.15, 0.2) is 24.3 Å². The van der Waals surface area contributed by atoms with E-state index in [1.54, 1.807) is 6.92 Å². The highest BCUT2D eigenvalue weighted by Gasteiger charge is 2.27. The molecule has 0 aromatic heterocycles. The quantitative estimate of drug-likeness (QED) is 0.806. The third-order valence-electron chi connectivity index (χ3n) is 3.50. The summed E-state index contributed by atoms with van der Waals surface area (Å²) in [6.07, 6.45) is 0.828. The van der Waals surface area contributed by atoms with Crippen molar-refractivity contribution in [2.45, 2.75) is 32.8 Å². The van der Waals surface area contributed by atoms with Gasteiger partial charge < -0.3 is 15.2 Å². The first-order valence-electron chi connectivity index (χ1n) is 6.72. The molecular formula is C15H22FNO3. The van der Waals surface area contributed by atoms with Crippen molar-refractivity contribution in [1.82, 2.24) is 5.32 Å². The van der Waals surface area contributed by atoms with E-state index >= 15 is 0 Å². The van der Waals surface area contributed by atoms with Crippen molar-refractivity contribution in [1.29, 1.82) is 0 Å². The predicted octanol–water partition coefficient (Wildman–Crippen LogP) is 2.12. The molecule has 1 aromatic rings. The zero-order chi connectivity index (χ0) is 15.2. The molecule has 0 spiro atoms. The van der Waals surface area contributed by atoms with Crippen molar-refractivity contribution < 1.29 is 19.0 Å². The summed E-state index contributed by atoms with van der Waals surface area (Å²) >= 11 is 0. The molecule has 0 aliphatic heterocycles. The molecule has 0 saturated carbocycles. The van der Waals surface area contributed by atoms with Crippen LogP contribution in [-0.2, 0) is 4.79 Å². The fourth-order valence-electron chi connectivity index (χ4n) is 1.62. The summed E-state index contributed by atoms with van der Waals surface area (Å²) in [6.45, 7) is 5.62. The molecule has 0 saturated heterocycles. The van der Waals surface area contributed by atoms with E-state index in [0.29, 0.717) is 5.75 Å². The first-order chi connectivity index (χ1) is 9.35. The maximum absolute atomic E-state index is 12.7. The standard InChI is InChI=1S/C15H22FNO3/c1-4-11(2)15(3,19)10-17-14(18)9-20-13-7-5-12(16)6-8-13/h5-8,11,19H,4,9-10H2,1-3H3,(H,17,18). The number of hydrogen-bond donors (Lipinski definition) is 2. The molecule has 0 aliphatic carbocycles. The maximum Gasteiger partial charge on any atom is 0.258 e. The molecule has 20 heavy (non-hydrogen) atoms. The molecule has 0 bridgehead atoms. The summed E-state index contributed by atoms with van der Waals surface area (Å²) < 4.78 is 17.9. The van der Waals surface area contributed by atoms with Gasteiger partial charge in [0.15, 0.2) is 6.61 Å². The molecular weight excluding hydrogens is 261 g/mol. The lowest BCUT2D eigenvalue weighted by atomic mass is 9.89. The van der Waals surface area contributed by atoms with Crippen LogP contribution in [0.2, 0.25) is 0 Å². The first-order valence-corrected chi connectivity index (χ1v) is 6.72. The van der Waals surface area contributed by atoms with Crippen LogP contribution in [0, 0.1) is 11.7 Å². The Kier molecular flexibility index (Phi) is 5.95. The van der Waals surface area contributed by atoms with E-state index in [0.717, 1.165) is 6.42 Å². The number of hydrogen-bond acceptors (Lipinski definition) is 3. The van der Waals surface area contributed by atoms with Gasteiger partial charge in [-0.3, -0.25) is 4.79 Å². The molecule has 2 unspecified atom stereocenters. The summed E-state index contributed by atoms with van der Waals surface area (Å²) in [5.74, 6) is -0.166. The number of benzene rings is 1. The van der Waals surface area contributed by atoms with Crippen LogP contribution in [-0.4, -0.2) is 29.8 Å². The van der Waals surface area contributed by atoms with Gasteiger partial charge in [0, 0.05) is 6.54 Å². The molecule has 1 amide bonds. The third-order valence-corrected chi connectivity index (χ3v) is 3.50. The number of rotatable bonds is 7. The SMILES string of the molecule is CCC(C)C(C)(O)CNC(=O)COc1ccc(F)cc1. The van der Waals surface area contributed by atoms with E-state index in [4.69, 9.17) is 4.74 Å². The number of carbonyl (C=O) groups is 1. The van der Waals surface area contributed by atoms with Crippen LogP contribution >= 0.6 is 0 Å². The van der Waals surface area contributed by atoms with Crippen LogP contribution in [0.1, 0.15) is 27.2 Å². The van der Waals surface area contributed by atoms with Crippen molar-refractivity contribution in [2.24, 2.45) is 5.92 Å². The van der Waals surface area contributed by atoms with E-state index in [1.807, 2.05) is 13.8 Å². The number of aliphatic hydroxyl groups is 1. The highest BCUT2D eigenvalue weighted by atomic mass is 19.1. The second-order valence-electron chi connectivity index (χ2n) is 5.19. The fourth-order valence-corrected chi connectivity index (χ4v) is 1.62. The summed E-state index contributed by atoms with van der Waals surface area (Å²) in [4.78, 5) is 11.6. The Balaban J connectivity index is 2.35. The van der Waals surface area contributed by atoms with Gasteiger partial charge in [-0.25, -0.2) is 4.39 Å². The van der Waals surface area contributed by atoms with Gasteiger partial charge in [-0.1, -0.05) is 20.3 Å². The Bertz CT molecular complexity index is 431. The molecule has 4 nitrogen and oxygen atoms in total. The second-order valence-corrected chi connectivity index (χ2v) is 5.19. The van der Waals surface area contributed by atoms with Gasteiger partial charge in [-0.05, 0) is 37.1 Å². The Morgan fingerprint density at radius 1 is 1.45 bits per heavy atom. The van der Waals surface area contributed by atoms with Crippen molar-refractivity contribution in [2.75, 3.05) is 13.2 Å². The minimum Gasteiger partial charge on any atom is -0.484 e. The van der Waals surface area contributed by atoms with Gasteiger partial charge in [0.25, 0.3) is 5.91 Å². The van der Waals surface area contributed by atoms with Gasteiger partial charge in [0.05, 0.1) is 5.60 Å². The van der Waals surface area contributed by atoms with Gasteiger partial charge >= 0.3 is 0 Å². The molecule has 1 rings (SSSR count). The molecule has 0 heterocycles. The molecule has 112 valence electrons. The molecule has 0 radical (unpaired) electrons. The van der Waals surface area contributed by atoms with Gasteiger partial charge in [0.2, 0.25) is 0 Å². The molecule has 1 aromatic carbocycles. The first kappa shape index (κ1) is 16.4. The topological polar surface area (TPSA) is 58.6 Å². The smallest absolute Gasteiger partial charge is 0.258 e. The number of ether oxygens (including phenoxy) is 1. The second kappa shape index (κ2) is 7.24. The lowest BCUT2D eigenvalue weighted by Crippen LogP contribution is -2.46.